The average molecular weight is 322 g/mol. The third-order valence-electron chi connectivity index (χ3n) is 2.66. The van der Waals surface area contributed by atoms with E-state index in [1.54, 1.807) is 0 Å². The van der Waals surface area contributed by atoms with Crippen LogP contribution in [0, 0.1) is 0 Å². The maximum atomic E-state index is 11.7. The number of carbonyl (C=O) groups excluding carboxylic acids is 4. The highest BCUT2D eigenvalue weighted by Crippen LogP contribution is 2.07. The zero-order valence-electron chi connectivity index (χ0n) is 12.9. The van der Waals surface area contributed by atoms with Crippen molar-refractivity contribution in [3.8, 4) is 0 Å². The predicted molar refractivity (Wildman–Crippen MR) is 79.9 cm³/mol. The first-order chi connectivity index (χ1) is 11.0. The zero-order valence-corrected chi connectivity index (χ0v) is 12.9. The van der Waals surface area contributed by atoms with Crippen LogP contribution in [0.4, 0.5) is 4.79 Å². The molecular weight excluding hydrogens is 304 g/mol. The van der Waals surface area contributed by atoms with Crippen molar-refractivity contribution >= 4 is 23.9 Å². The third-order valence-corrected chi connectivity index (χ3v) is 2.66. The Morgan fingerprint density at radius 2 is 1.57 bits per heavy atom. The fourth-order valence-electron chi connectivity index (χ4n) is 1.52. The van der Waals surface area contributed by atoms with Crippen LogP contribution >= 0.6 is 0 Å². The number of esters is 2. The minimum atomic E-state index is -0.745. The van der Waals surface area contributed by atoms with Gasteiger partial charge in [-0.15, -0.1) is 0 Å². The van der Waals surface area contributed by atoms with Crippen LogP contribution in [-0.4, -0.2) is 44.1 Å². The monoisotopic (exact) mass is 322 g/mol. The van der Waals surface area contributed by atoms with E-state index in [4.69, 9.17) is 4.74 Å². The molecule has 1 rings (SSSR count). The normalized spacial score (nSPS) is 9.65. The van der Waals surface area contributed by atoms with Gasteiger partial charge < -0.3 is 14.8 Å². The Hall–Kier alpha value is -2.90. The molecule has 8 nitrogen and oxygen atoms in total. The van der Waals surface area contributed by atoms with Gasteiger partial charge in [0.1, 0.15) is 0 Å². The maximum Gasteiger partial charge on any atom is 0.338 e. The topological polar surface area (TPSA) is 111 Å². The first-order valence-corrected chi connectivity index (χ1v) is 6.91. The predicted octanol–water partition coefficient (Wildman–Crippen LogP) is 0.866. The molecular formula is C15H18N2O6. The van der Waals surface area contributed by atoms with Crippen LogP contribution in [0.1, 0.15) is 34.1 Å². The molecule has 0 atom stereocenters. The van der Waals surface area contributed by atoms with Crippen LogP contribution in [0.3, 0.4) is 0 Å². The van der Waals surface area contributed by atoms with Gasteiger partial charge in [-0.1, -0.05) is 6.92 Å². The number of carbonyl (C=O) groups is 4. The summed E-state index contributed by atoms with van der Waals surface area (Å²) in [7, 11) is 1.25. The molecule has 0 heterocycles. The summed E-state index contributed by atoms with van der Waals surface area (Å²) in [6, 6.07) is 4.91. The highest BCUT2D eigenvalue weighted by Gasteiger charge is 2.13. The number of hydrogen-bond acceptors (Lipinski definition) is 6. The van der Waals surface area contributed by atoms with Crippen LogP contribution in [0.2, 0.25) is 0 Å². The summed E-state index contributed by atoms with van der Waals surface area (Å²) in [6.07, 6.45) is 0.734. The Balaban J connectivity index is 2.45. The molecule has 0 aliphatic rings. The van der Waals surface area contributed by atoms with Crippen molar-refractivity contribution in [1.29, 1.82) is 0 Å². The molecule has 0 aromatic heterocycles. The van der Waals surface area contributed by atoms with Gasteiger partial charge in [0.25, 0.3) is 5.91 Å². The van der Waals surface area contributed by atoms with E-state index in [1.165, 1.54) is 31.4 Å². The summed E-state index contributed by atoms with van der Waals surface area (Å²) in [4.78, 5) is 45.7. The second-order valence-corrected chi connectivity index (χ2v) is 4.45. The number of methoxy groups -OCH3 is 1. The smallest absolute Gasteiger partial charge is 0.338 e. The summed E-state index contributed by atoms with van der Waals surface area (Å²) >= 11 is 0. The molecule has 0 aliphatic carbocycles. The molecule has 0 saturated heterocycles. The van der Waals surface area contributed by atoms with Crippen LogP contribution < -0.4 is 10.6 Å². The number of benzene rings is 1. The van der Waals surface area contributed by atoms with Gasteiger partial charge in [0.2, 0.25) is 0 Å². The highest BCUT2D eigenvalue weighted by molar-refractivity contribution is 5.97. The molecule has 1 aromatic carbocycles. The number of nitrogens with one attached hydrogen (secondary N) is 2. The van der Waals surface area contributed by atoms with Crippen molar-refractivity contribution in [3.05, 3.63) is 35.4 Å². The van der Waals surface area contributed by atoms with Crippen LogP contribution in [0.25, 0.3) is 0 Å². The number of amides is 3. The average Bonchev–Trinajstić information content (AvgIpc) is 2.57. The second kappa shape index (κ2) is 9.19. The van der Waals surface area contributed by atoms with Gasteiger partial charge in [0.05, 0.1) is 18.2 Å². The lowest BCUT2D eigenvalue weighted by Gasteiger charge is -2.07. The fraction of sp³-hybridized carbons (Fsp3) is 0.333. The van der Waals surface area contributed by atoms with E-state index in [9.17, 15) is 19.2 Å². The van der Waals surface area contributed by atoms with E-state index in [1.807, 2.05) is 12.2 Å². The Morgan fingerprint density at radius 1 is 1.00 bits per heavy atom. The first-order valence-electron chi connectivity index (χ1n) is 6.91. The summed E-state index contributed by atoms with van der Waals surface area (Å²) in [5.74, 6) is -2.01. The lowest BCUT2D eigenvalue weighted by molar-refractivity contribution is -0.123. The van der Waals surface area contributed by atoms with Gasteiger partial charge in [-0.25, -0.2) is 14.4 Å². The third kappa shape index (κ3) is 6.16. The van der Waals surface area contributed by atoms with Crippen molar-refractivity contribution in [1.82, 2.24) is 10.6 Å². The minimum Gasteiger partial charge on any atom is -0.465 e. The minimum absolute atomic E-state index is 0.167. The molecule has 8 heteroatoms. The molecule has 3 amide bonds. The molecule has 0 saturated carbocycles. The van der Waals surface area contributed by atoms with E-state index in [-0.39, 0.29) is 11.1 Å². The van der Waals surface area contributed by atoms with Crippen molar-refractivity contribution in [2.45, 2.75) is 13.3 Å². The molecule has 0 bridgehead atoms. The van der Waals surface area contributed by atoms with Crippen molar-refractivity contribution in [2.75, 3.05) is 20.3 Å². The Morgan fingerprint density at radius 3 is 2.09 bits per heavy atom. The van der Waals surface area contributed by atoms with Crippen molar-refractivity contribution in [2.24, 2.45) is 0 Å². The van der Waals surface area contributed by atoms with Gasteiger partial charge in [-0.05, 0) is 30.7 Å². The molecule has 0 aliphatic heterocycles. The summed E-state index contributed by atoms with van der Waals surface area (Å²) in [5.41, 5.74) is 0.454. The first kappa shape index (κ1) is 18.1. The van der Waals surface area contributed by atoms with E-state index in [0.29, 0.717) is 6.54 Å². The summed E-state index contributed by atoms with van der Waals surface area (Å²) < 4.78 is 9.31. The van der Waals surface area contributed by atoms with E-state index < -0.39 is 30.5 Å². The van der Waals surface area contributed by atoms with Crippen LogP contribution in [0.5, 0.6) is 0 Å². The molecule has 1 aromatic rings. The largest absolute Gasteiger partial charge is 0.465 e. The summed E-state index contributed by atoms with van der Waals surface area (Å²) in [6.45, 7) is 1.72. The standard InChI is InChI=1S/C15H18N2O6/c1-3-8-16-15(21)17-12(18)9-23-14(20)11-6-4-10(5-7-11)13(19)22-2/h4-7H,3,8-9H2,1-2H3,(H2,16,17,18,21). The Bertz CT molecular complexity index is 582. The zero-order chi connectivity index (χ0) is 17.2. The molecule has 0 radical (unpaired) electrons. The lowest BCUT2D eigenvalue weighted by Crippen LogP contribution is -2.41. The van der Waals surface area contributed by atoms with E-state index in [0.717, 1.165) is 6.42 Å². The van der Waals surface area contributed by atoms with Gasteiger partial charge in [-0.2, -0.15) is 0 Å². The van der Waals surface area contributed by atoms with Gasteiger partial charge in [0, 0.05) is 6.54 Å². The molecule has 2 N–H and O–H groups in total. The highest BCUT2D eigenvalue weighted by atomic mass is 16.5. The Kier molecular flexibility index (Phi) is 7.25. The SMILES string of the molecule is CCCNC(=O)NC(=O)COC(=O)c1ccc(C(=O)OC)cc1. The quantitative estimate of drug-likeness (QED) is 0.752. The van der Waals surface area contributed by atoms with Gasteiger partial charge in [-0.3, -0.25) is 10.1 Å². The molecule has 0 fully saturated rings. The maximum absolute atomic E-state index is 11.7. The number of urea groups is 1. The number of rotatable bonds is 6. The molecule has 23 heavy (non-hydrogen) atoms. The van der Waals surface area contributed by atoms with Crippen molar-refractivity contribution < 1.29 is 28.7 Å². The van der Waals surface area contributed by atoms with Crippen molar-refractivity contribution in [3.63, 3.8) is 0 Å². The van der Waals surface area contributed by atoms with E-state index in [2.05, 4.69) is 10.1 Å². The van der Waals surface area contributed by atoms with Gasteiger partial charge in [0.15, 0.2) is 6.61 Å². The van der Waals surface area contributed by atoms with Gasteiger partial charge >= 0.3 is 18.0 Å². The second-order valence-electron chi connectivity index (χ2n) is 4.45. The number of ether oxygens (including phenoxy) is 2. The van der Waals surface area contributed by atoms with E-state index >= 15 is 0 Å². The van der Waals surface area contributed by atoms with Crippen LogP contribution in [0.15, 0.2) is 24.3 Å². The molecule has 124 valence electrons. The number of hydrogen-bond donors (Lipinski definition) is 2. The molecule has 0 unspecified atom stereocenters. The summed E-state index contributed by atoms with van der Waals surface area (Å²) in [5, 5.41) is 4.48. The lowest BCUT2D eigenvalue weighted by atomic mass is 10.1. The fourth-order valence-corrected chi connectivity index (χ4v) is 1.52. The number of imide groups is 1. The Labute approximate surface area is 133 Å². The molecule has 0 spiro atoms. The van der Waals surface area contributed by atoms with Crippen LogP contribution in [-0.2, 0) is 14.3 Å².